The van der Waals surface area contributed by atoms with Crippen molar-refractivity contribution in [2.24, 2.45) is 16.7 Å². The smallest absolute Gasteiger partial charge is 0.255 e. The Morgan fingerprint density at radius 2 is 1.57 bits per heavy atom. The molecule has 2 heterocycles. The highest BCUT2D eigenvalue weighted by molar-refractivity contribution is 6.00. The molecule has 2 aliphatic heterocycles. The Kier molecular flexibility index (Phi) is 12.4. The summed E-state index contributed by atoms with van der Waals surface area (Å²) < 4.78 is 30.4. The van der Waals surface area contributed by atoms with Crippen LogP contribution in [0.1, 0.15) is 105 Å². The van der Waals surface area contributed by atoms with Crippen molar-refractivity contribution in [3.05, 3.63) is 89.5 Å². The lowest BCUT2D eigenvalue weighted by molar-refractivity contribution is -0.196. The highest BCUT2D eigenvalue weighted by Crippen LogP contribution is 2.62. The molecule has 2 saturated heterocycles. The van der Waals surface area contributed by atoms with Crippen molar-refractivity contribution in [3.8, 4) is 29.1 Å². The average Bonchev–Trinajstić information content (AvgIpc) is 3.26. The predicted octanol–water partition coefficient (Wildman–Crippen LogP) is 7.97. The minimum atomic E-state index is -0.505. The Morgan fingerprint density at radius 3 is 2.24 bits per heavy atom. The topological polar surface area (TPSA) is 140 Å². The number of allylic oxidation sites excluding steroid dienone is 1. The standard InChI is InChI=1S/C51H62N4O8/c1-32-8-17-41(43(57)24-32)53-47(58)40-16-15-37(28-45(40)60-7)62-39-25-36(26-39)55-22-23-61-51(31-55)18-20-54(21-19-51)35-12-9-33(10-13-35)42(56)29-46-49(2,3)48(50(46,4)5)63-38-14-11-34(30-52)44(27-38)59-6/h9-16,27-28,36,39,41,46,48H,1,8,17-26,29,31H2,2-7H3,(H,53,58)/t36?,39?,41-,46?,48?/m0/s1. The van der Waals surface area contributed by atoms with Crippen molar-refractivity contribution >= 4 is 23.2 Å². The zero-order valence-electron chi connectivity index (χ0n) is 37.7. The molecule has 0 radical (unpaired) electrons. The lowest BCUT2D eigenvalue weighted by atomic mass is 9.44. The maximum absolute atomic E-state index is 13.7. The number of anilines is 1. The number of ether oxygens (including phenoxy) is 5. The molecule has 8 rings (SSSR count). The number of carbonyl (C=O) groups is 3. The average molecular weight is 859 g/mol. The second-order valence-corrected chi connectivity index (χ2v) is 19.5. The Labute approximate surface area is 371 Å². The zero-order valence-corrected chi connectivity index (χ0v) is 37.7. The van der Waals surface area contributed by atoms with Crippen LogP contribution in [0.15, 0.2) is 72.8 Å². The summed E-state index contributed by atoms with van der Waals surface area (Å²) in [5, 5.41) is 12.3. The van der Waals surface area contributed by atoms with Crippen LogP contribution in [0, 0.1) is 28.1 Å². The molecule has 12 heteroatoms. The number of hydrogen-bond acceptors (Lipinski definition) is 11. The van der Waals surface area contributed by atoms with Crippen LogP contribution in [-0.2, 0) is 9.53 Å². The van der Waals surface area contributed by atoms with Gasteiger partial charge in [-0.2, -0.15) is 5.26 Å². The molecule has 1 spiro atoms. The number of nitrogens with zero attached hydrogens (tertiary/aromatic N) is 3. The van der Waals surface area contributed by atoms with Crippen molar-refractivity contribution in [1.82, 2.24) is 10.2 Å². The van der Waals surface area contributed by atoms with Gasteiger partial charge in [0.25, 0.3) is 5.91 Å². The summed E-state index contributed by atoms with van der Waals surface area (Å²) in [5.74, 6) is 2.15. The molecule has 5 aliphatic rings. The van der Waals surface area contributed by atoms with E-state index in [0.717, 1.165) is 75.1 Å². The summed E-state index contributed by atoms with van der Waals surface area (Å²) in [6, 6.07) is 20.8. The molecule has 1 atom stereocenters. The lowest BCUT2D eigenvalue weighted by Crippen LogP contribution is -2.66. The maximum Gasteiger partial charge on any atom is 0.255 e. The van der Waals surface area contributed by atoms with Gasteiger partial charge in [0.2, 0.25) is 0 Å². The Balaban J connectivity index is 0.793. The van der Waals surface area contributed by atoms with Gasteiger partial charge in [-0.15, -0.1) is 0 Å². The first-order valence-electron chi connectivity index (χ1n) is 22.5. The van der Waals surface area contributed by atoms with Gasteiger partial charge in [0.05, 0.1) is 43.6 Å². The monoisotopic (exact) mass is 858 g/mol. The number of ketones is 2. The SMILES string of the molecule is C=C1CC[C@H](NC(=O)c2ccc(OC3CC(N4CCOC5(CCN(c6ccc(C(=O)CC7C(C)(C)C(Oc8ccc(C#N)c(OC)c8)C7(C)C)cc6)CC5)C4)C3)cc2OC)C(=O)C1. The second kappa shape index (κ2) is 17.6. The molecule has 1 N–H and O–H groups in total. The number of Topliss-reactive ketones (excluding diaryl/α,β-unsaturated/α-hetero) is 2. The first-order chi connectivity index (χ1) is 30.1. The van der Waals surface area contributed by atoms with Crippen LogP contribution in [0.3, 0.4) is 0 Å². The number of nitrogens with one attached hydrogen (secondary N) is 1. The number of benzene rings is 3. The van der Waals surface area contributed by atoms with E-state index >= 15 is 0 Å². The highest BCUT2D eigenvalue weighted by Gasteiger charge is 2.63. The van der Waals surface area contributed by atoms with Gasteiger partial charge in [-0.1, -0.05) is 39.8 Å². The van der Waals surface area contributed by atoms with Crippen LogP contribution in [0.25, 0.3) is 0 Å². The van der Waals surface area contributed by atoms with Crippen LogP contribution < -0.4 is 29.2 Å². The first kappa shape index (κ1) is 44.2. The highest BCUT2D eigenvalue weighted by atomic mass is 16.5. The number of hydrogen-bond donors (Lipinski definition) is 1. The summed E-state index contributed by atoms with van der Waals surface area (Å²) >= 11 is 0. The van der Waals surface area contributed by atoms with Crippen molar-refractivity contribution in [2.45, 2.75) is 109 Å². The summed E-state index contributed by atoms with van der Waals surface area (Å²) in [7, 11) is 3.08. The molecule has 0 bridgehead atoms. The molecule has 0 aromatic heterocycles. The van der Waals surface area contributed by atoms with Gasteiger partial charge in [-0.25, -0.2) is 0 Å². The third kappa shape index (κ3) is 8.92. The fraction of sp³-hybridized carbons (Fsp3) is 0.529. The molecule has 334 valence electrons. The third-order valence-electron chi connectivity index (χ3n) is 14.8. The number of nitriles is 1. The summed E-state index contributed by atoms with van der Waals surface area (Å²) in [6.07, 6.45) is 5.72. The van der Waals surface area contributed by atoms with Gasteiger partial charge in [-0.3, -0.25) is 19.3 Å². The molecular weight excluding hydrogens is 797 g/mol. The minimum absolute atomic E-state index is 0.00691. The van der Waals surface area contributed by atoms with E-state index in [2.05, 4.69) is 67.6 Å². The Bertz CT molecular complexity index is 2250. The van der Waals surface area contributed by atoms with E-state index in [1.54, 1.807) is 37.4 Å². The van der Waals surface area contributed by atoms with Gasteiger partial charge in [-0.05, 0) is 80.1 Å². The third-order valence-corrected chi connectivity index (χ3v) is 14.8. The quantitative estimate of drug-likeness (QED) is 0.132. The molecule has 0 unspecified atom stereocenters. The predicted molar refractivity (Wildman–Crippen MR) is 240 cm³/mol. The van der Waals surface area contributed by atoms with Crippen LogP contribution in [0.5, 0.6) is 23.0 Å². The molecule has 63 heavy (non-hydrogen) atoms. The Morgan fingerprint density at radius 1 is 0.905 bits per heavy atom. The van der Waals surface area contributed by atoms with Gasteiger partial charge in [0.1, 0.15) is 41.3 Å². The molecule has 3 saturated carbocycles. The number of rotatable bonds is 13. The first-order valence-corrected chi connectivity index (χ1v) is 22.5. The summed E-state index contributed by atoms with van der Waals surface area (Å²) in [4.78, 5) is 44.2. The number of methoxy groups -OCH3 is 2. The largest absolute Gasteiger partial charge is 0.496 e. The van der Waals surface area contributed by atoms with E-state index in [1.807, 2.05) is 18.2 Å². The van der Waals surface area contributed by atoms with Crippen molar-refractivity contribution in [3.63, 3.8) is 0 Å². The number of morpholine rings is 1. The normalized spacial score (nSPS) is 26.1. The molecule has 3 aromatic carbocycles. The molecule has 3 aromatic rings. The van der Waals surface area contributed by atoms with Gasteiger partial charge >= 0.3 is 0 Å². The van der Waals surface area contributed by atoms with E-state index in [4.69, 9.17) is 23.7 Å². The lowest BCUT2D eigenvalue weighted by Gasteiger charge is -2.63. The van der Waals surface area contributed by atoms with Crippen LogP contribution >= 0.6 is 0 Å². The van der Waals surface area contributed by atoms with E-state index < -0.39 is 6.04 Å². The second-order valence-electron chi connectivity index (χ2n) is 19.5. The van der Waals surface area contributed by atoms with Crippen molar-refractivity contribution in [1.29, 1.82) is 5.26 Å². The van der Waals surface area contributed by atoms with Crippen LogP contribution in [-0.4, -0.2) is 99.3 Å². The molecular formula is C51H62N4O8. The fourth-order valence-electron chi connectivity index (χ4n) is 11.2. The Hall–Kier alpha value is -5.38. The number of carbonyl (C=O) groups excluding carboxylic acids is 3. The minimum Gasteiger partial charge on any atom is -0.496 e. The van der Waals surface area contributed by atoms with Crippen molar-refractivity contribution < 1.29 is 38.1 Å². The van der Waals surface area contributed by atoms with Gasteiger partial charge in [0, 0.05) is 92.1 Å². The van der Waals surface area contributed by atoms with Crippen molar-refractivity contribution in [2.75, 3.05) is 51.9 Å². The van der Waals surface area contributed by atoms with E-state index in [0.29, 0.717) is 66.0 Å². The fourth-order valence-corrected chi connectivity index (χ4v) is 11.2. The molecule has 1 amide bonds. The summed E-state index contributed by atoms with van der Waals surface area (Å²) in [5.41, 5.74) is 2.95. The summed E-state index contributed by atoms with van der Waals surface area (Å²) in [6.45, 7) is 16.9. The van der Waals surface area contributed by atoms with Gasteiger partial charge in [0.15, 0.2) is 11.6 Å². The van der Waals surface area contributed by atoms with E-state index in [9.17, 15) is 19.6 Å². The molecule has 12 nitrogen and oxygen atoms in total. The zero-order chi connectivity index (χ0) is 44.7. The molecule has 5 fully saturated rings. The van der Waals surface area contributed by atoms with Crippen LogP contribution in [0.2, 0.25) is 0 Å². The number of piperidine rings is 1. The number of amides is 1. The van der Waals surface area contributed by atoms with Gasteiger partial charge < -0.3 is 33.9 Å². The maximum atomic E-state index is 13.7. The van der Waals surface area contributed by atoms with E-state index in [1.165, 1.54) is 7.11 Å². The van der Waals surface area contributed by atoms with E-state index in [-0.39, 0.29) is 52.0 Å². The van der Waals surface area contributed by atoms with Crippen LogP contribution in [0.4, 0.5) is 5.69 Å². The molecule has 3 aliphatic carbocycles.